The molecule has 0 aromatic heterocycles. The molecule has 1 saturated heterocycles. The number of halogens is 1. The number of hydrogen-bond donors (Lipinski definition) is 0. The second-order valence-corrected chi connectivity index (χ2v) is 10.7. The zero-order valence-corrected chi connectivity index (χ0v) is 23.7. The van der Waals surface area contributed by atoms with Crippen molar-refractivity contribution < 1.29 is 24.0 Å². The van der Waals surface area contributed by atoms with Gasteiger partial charge in [-0.3, -0.25) is 24.6 Å². The lowest BCUT2D eigenvalue weighted by atomic mass is 10.0. The van der Waals surface area contributed by atoms with Crippen molar-refractivity contribution in [1.29, 1.82) is 0 Å². The molecule has 1 aliphatic heterocycles. The van der Waals surface area contributed by atoms with Crippen LogP contribution in [0.3, 0.4) is 0 Å². The van der Waals surface area contributed by atoms with E-state index in [2.05, 4.69) is 15.9 Å². The summed E-state index contributed by atoms with van der Waals surface area (Å²) in [5, 5.41) is 12.8. The van der Waals surface area contributed by atoms with Gasteiger partial charge in [-0.05, 0) is 80.3 Å². The maximum absolute atomic E-state index is 13.3. The fourth-order valence-electron chi connectivity index (χ4n) is 4.38. The molecule has 0 unspecified atom stereocenters. The van der Waals surface area contributed by atoms with Crippen LogP contribution in [0.5, 0.6) is 11.5 Å². The summed E-state index contributed by atoms with van der Waals surface area (Å²) in [5.41, 5.74) is 2.16. The van der Waals surface area contributed by atoms with E-state index < -0.39 is 4.92 Å². The number of nitro benzene ring substituents is 1. The van der Waals surface area contributed by atoms with Crippen molar-refractivity contribution in [3.05, 3.63) is 115 Å². The smallest absolute Gasteiger partial charge is 0.293 e. The van der Waals surface area contributed by atoms with Gasteiger partial charge in [-0.1, -0.05) is 54.6 Å². The maximum Gasteiger partial charge on any atom is 0.293 e. The highest BCUT2D eigenvalue weighted by Gasteiger charge is 2.35. The first-order valence-corrected chi connectivity index (χ1v) is 14.0. The van der Waals surface area contributed by atoms with Crippen LogP contribution in [0.4, 0.5) is 10.5 Å². The van der Waals surface area contributed by atoms with E-state index in [9.17, 15) is 19.7 Å². The molecular formula is C30H23BrN2O6S. The molecule has 0 atom stereocenters. The third kappa shape index (κ3) is 5.88. The Kier molecular flexibility index (Phi) is 8.18. The second-order valence-electron chi connectivity index (χ2n) is 8.88. The summed E-state index contributed by atoms with van der Waals surface area (Å²) in [7, 11) is 0. The number of nitro groups is 1. The number of carbonyl (C=O) groups excluding carboxylic acids is 2. The quantitative estimate of drug-likeness (QED) is 0.107. The van der Waals surface area contributed by atoms with E-state index in [1.54, 1.807) is 30.3 Å². The molecule has 4 aromatic rings. The number of carbonyl (C=O) groups is 2. The van der Waals surface area contributed by atoms with Gasteiger partial charge in [0, 0.05) is 12.1 Å². The van der Waals surface area contributed by atoms with E-state index in [0.717, 1.165) is 28.1 Å². The summed E-state index contributed by atoms with van der Waals surface area (Å²) >= 11 is 4.42. The van der Waals surface area contributed by atoms with Crippen LogP contribution in [-0.4, -0.2) is 27.6 Å². The summed E-state index contributed by atoms with van der Waals surface area (Å²) < 4.78 is 12.3. The SMILES string of the molecule is CCOc1cc(/C=C2/SC(=O)N(Cc3cccc4ccccc34)C2=O)cc(Br)c1OCc1cccc([N+](=O)[O-])c1. The van der Waals surface area contributed by atoms with E-state index in [1.807, 2.05) is 49.4 Å². The number of amides is 2. The summed E-state index contributed by atoms with van der Waals surface area (Å²) in [4.78, 5) is 38.3. The minimum atomic E-state index is -0.455. The van der Waals surface area contributed by atoms with Crippen molar-refractivity contribution in [3.8, 4) is 11.5 Å². The first kappa shape index (κ1) is 27.4. The number of benzene rings is 4. The number of fused-ring (bicyclic) bond motifs is 1. The standard InChI is InChI=1S/C30H23BrN2O6S/c1-2-38-26-15-20(14-25(31)28(26)39-18-19-7-5-11-23(13-19)33(36)37)16-27-29(34)32(30(35)40-27)17-22-10-6-9-21-8-3-4-12-24(21)22/h3-16H,2,17-18H2,1H3/b27-16+. The number of ether oxygens (including phenoxy) is 2. The van der Waals surface area contributed by atoms with E-state index in [0.29, 0.717) is 38.6 Å². The van der Waals surface area contributed by atoms with Gasteiger partial charge in [-0.15, -0.1) is 0 Å². The second kappa shape index (κ2) is 11.9. The average Bonchev–Trinajstić information content (AvgIpc) is 3.20. The molecule has 5 rings (SSSR count). The molecule has 40 heavy (non-hydrogen) atoms. The Morgan fingerprint density at radius 1 is 1.00 bits per heavy atom. The first-order valence-electron chi connectivity index (χ1n) is 12.4. The van der Waals surface area contributed by atoms with Gasteiger partial charge in [-0.25, -0.2) is 0 Å². The molecule has 0 spiro atoms. The number of imide groups is 1. The van der Waals surface area contributed by atoms with Gasteiger partial charge in [0.05, 0.1) is 27.5 Å². The Morgan fingerprint density at radius 2 is 1.77 bits per heavy atom. The van der Waals surface area contributed by atoms with E-state index in [-0.39, 0.29) is 30.0 Å². The van der Waals surface area contributed by atoms with Crippen molar-refractivity contribution in [3.63, 3.8) is 0 Å². The van der Waals surface area contributed by atoms with Crippen molar-refractivity contribution in [2.75, 3.05) is 6.61 Å². The lowest BCUT2D eigenvalue weighted by molar-refractivity contribution is -0.384. The number of thioether (sulfide) groups is 1. The molecule has 4 aromatic carbocycles. The number of rotatable bonds is 9. The van der Waals surface area contributed by atoms with Gasteiger partial charge in [0.2, 0.25) is 0 Å². The molecule has 0 N–H and O–H groups in total. The van der Waals surface area contributed by atoms with Crippen LogP contribution in [0.25, 0.3) is 16.8 Å². The van der Waals surface area contributed by atoms with Gasteiger partial charge in [0.1, 0.15) is 6.61 Å². The lowest BCUT2D eigenvalue weighted by Crippen LogP contribution is -2.27. The number of nitrogens with zero attached hydrogens (tertiary/aromatic N) is 2. The highest BCUT2D eigenvalue weighted by Crippen LogP contribution is 2.40. The molecular weight excluding hydrogens is 596 g/mol. The van der Waals surface area contributed by atoms with E-state index >= 15 is 0 Å². The zero-order chi connectivity index (χ0) is 28.2. The fourth-order valence-corrected chi connectivity index (χ4v) is 5.79. The van der Waals surface area contributed by atoms with Crippen LogP contribution in [0.1, 0.15) is 23.6 Å². The Balaban J connectivity index is 1.37. The molecule has 0 aliphatic carbocycles. The Morgan fingerprint density at radius 3 is 2.58 bits per heavy atom. The van der Waals surface area contributed by atoms with Gasteiger partial charge in [0.25, 0.3) is 16.8 Å². The van der Waals surface area contributed by atoms with Crippen molar-refractivity contribution in [1.82, 2.24) is 4.90 Å². The Hall–Kier alpha value is -4.15. The van der Waals surface area contributed by atoms with Crippen LogP contribution in [0.2, 0.25) is 0 Å². The average molecular weight is 619 g/mol. The van der Waals surface area contributed by atoms with Crippen molar-refractivity contribution >= 4 is 61.4 Å². The summed E-state index contributed by atoms with van der Waals surface area (Å²) in [6, 6.07) is 23.4. The van der Waals surface area contributed by atoms with Gasteiger partial charge in [0.15, 0.2) is 11.5 Å². The van der Waals surface area contributed by atoms with E-state index in [1.165, 1.54) is 17.0 Å². The zero-order valence-electron chi connectivity index (χ0n) is 21.3. The summed E-state index contributed by atoms with van der Waals surface area (Å²) in [6.45, 7) is 2.47. The Bertz CT molecular complexity index is 1670. The highest BCUT2D eigenvalue weighted by atomic mass is 79.9. The molecule has 0 radical (unpaired) electrons. The van der Waals surface area contributed by atoms with Crippen LogP contribution >= 0.6 is 27.7 Å². The highest BCUT2D eigenvalue weighted by molar-refractivity contribution is 9.10. The molecule has 0 bridgehead atoms. The molecule has 202 valence electrons. The monoisotopic (exact) mass is 618 g/mol. The normalized spacial score (nSPS) is 14.2. The number of hydrogen-bond acceptors (Lipinski definition) is 7. The first-order chi connectivity index (χ1) is 19.3. The van der Waals surface area contributed by atoms with Crippen LogP contribution in [-0.2, 0) is 17.9 Å². The summed E-state index contributed by atoms with van der Waals surface area (Å²) in [5.74, 6) is 0.501. The molecule has 2 amide bonds. The Labute approximate surface area is 242 Å². The van der Waals surface area contributed by atoms with Gasteiger partial charge in [-0.2, -0.15) is 0 Å². The van der Waals surface area contributed by atoms with Crippen molar-refractivity contribution in [2.45, 2.75) is 20.1 Å². The largest absolute Gasteiger partial charge is 0.490 e. The minimum absolute atomic E-state index is 0.0186. The van der Waals surface area contributed by atoms with Crippen molar-refractivity contribution in [2.24, 2.45) is 0 Å². The van der Waals surface area contributed by atoms with E-state index in [4.69, 9.17) is 9.47 Å². The minimum Gasteiger partial charge on any atom is -0.490 e. The van der Waals surface area contributed by atoms with Crippen LogP contribution < -0.4 is 9.47 Å². The molecule has 0 saturated carbocycles. The molecule has 10 heteroatoms. The van der Waals surface area contributed by atoms with Gasteiger partial charge < -0.3 is 9.47 Å². The number of non-ortho nitro benzene ring substituents is 1. The predicted octanol–water partition coefficient (Wildman–Crippen LogP) is 7.72. The molecule has 8 nitrogen and oxygen atoms in total. The topological polar surface area (TPSA) is 99.0 Å². The van der Waals surface area contributed by atoms with Crippen LogP contribution in [0, 0.1) is 10.1 Å². The molecule has 1 heterocycles. The maximum atomic E-state index is 13.3. The van der Waals surface area contributed by atoms with Crippen LogP contribution in [0.15, 0.2) is 88.2 Å². The molecule has 1 fully saturated rings. The fraction of sp³-hybridized carbons (Fsp3) is 0.133. The third-order valence-corrected chi connectivity index (χ3v) is 7.71. The third-order valence-electron chi connectivity index (χ3n) is 6.22. The van der Waals surface area contributed by atoms with Gasteiger partial charge >= 0.3 is 0 Å². The summed E-state index contributed by atoms with van der Waals surface area (Å²) in [6.07, 6.45) is 1.66. The predicted molar refractivity (Wildman–Crippen MR) is 158 cm³/mol. The lowest BCUT2D eigenvalue weighted by Gasteiger charge is -2.15. The molecule has 1 aliphatic rings.